The number of nitrogens with one attached hydrogen (secondary N) is 3. The van der Waals surface area contributed by atoms with Gasteiger partial charge in [0.1, 0.15) is 0 Å². The zero-order chi connectivity index (χ0) is 23.8. The number of hydrazone groups is 1. The van der Waals surface area contributed by atoms with E-state index in [9.17, 15) is 0 Å². The summed E-state index contributed by atoms with van der Waals surface area (Å²) in [5.41, 5.74) is 12.9. The van der Waals surface area contributed by atoms with Crippen LogP contribution in [0.25, 0.3) is 0 Å². The third-order valence-corrected chi connectivity index (χ3v) is 4.37. The normalized spacial score (nSPS) is 9.94. The summed E-state index contributed by atoms with van der Waals surface area (Å²) in [5, 5.41) is 11.5. The van der Waals surface area contributed by atoms with E-state index in [0.29, 0.717) is 24.5 Å². The monoisotopic (exact) mass is 628 g/mol. The van der Waals surface area contributed by atoms with Crippen molar-refractivity contribution < 1.29 is 4.74 Å². The van der Waals surface area contributed by atoms with E-state index in [4.69, 9.17) is 21.7 Å². The first-order valence-electron chi connectivity index (χ1n) is 9.88. The Labute approximate surface area is 227 Å². The van der Waals surface area contributed by atoms with E-state index >= 15 is 0 Å². The van der Waals surface area contributed by atoms with E-state index in [1.165, 1.54) is 0 Å². The van der Waals surface area contributed by atoms with Crippen LogP contribution in [0.5, 0.6) is 0 Å². The highest BCUT2D eigenvalue weighted by molar-refractivity contribution is 9.10. The molecule has 11 heteroatoms. The molecule has 0 atom stereocenters. The lowest BCUT2D eigenvalue weighted by molar-refractivity contribution is 0.325. The molecule has 0 fully saturated rings. The van der Waals surface area contributed by atoms with Gasteiger partial charge in [-0.3, -0.25) is 16.7 Å². The van der Waals surface area contributed by atoms with Gasteiger partial charge in [0.05, 0.1) is 6.61 Å². The van der Waals surface area contributed by atoms with E-state index in [-0.39, 0.29) is 30.7 Å². The minimum Gasteiger partial charge on any atom is -0.478 e. The molecule has 0 aliphatic carbocycles. The standard InChI is InChI=1S/C10H14BrN3.C9H10BrNO.C3H10N2.2ClH/c1-7(2)13-14-10(12)8-3-5-9(11)6-4-8;1-2-12-9(11)7-3-5-8(10)6-4-7;1-3(2)5-4;;/h3-7,13H,1-2H3,(H2,12,14);3-6,11H,2H2,1H3;3,5H,4H2,1-2H3;2*1H. The Bertz CT molecular complexity index is 788. The summed E-state index contributed by atoms with van der Waals surface area (Å²) in [7, 11) is 0. The van der Waals surface area contributed by atoms with Crippen LogP contribution in [-0.4, -0.2) is 30.4 Å². The summed E-state index contributed by atoms with van der Waals surface area (Å²) in [6, 6.07) is 15.9. The number of amidine groups is 1. The van der Waals surface area contributed by atoms with Gasteiger partial charge in [-0.25, -0.2) is 0 Å². The number of nitrogens with two attached hydrogens (primary N) is 2. The molecule has 0 spiro atoms. The molecule has 0 aliphatic heterocycles. The van der Waals surface area contributed by atoms with E-state index in [1.54, 1.807) is 0 Å². The molecule has 2 rings (SSSR count). The maximum Gasteiger partial charge on any atom is 0.213 e. The molecule has 0 bridgehead atoms. The van der Waals surface area contributed by atoms with Gasteiger partial charge < -0.3 is 15.9 Å². The van der Waals surface area contributed by atoms with Crippen molar-refractivity contribution in [3.05, 3.63) is 68.6 Å². The molecule has 2 aromatic carbocycles. The minimum atomic E-state index is 0. The van der Waals surface area contributed by atoms with Gasteiger partial charge >= 0.3 is 0 Å². The van der Waals surface area contributed by atoms with Gasteiger partial charge in [0.15, 0.2) is 5.84 Å². The van der Waals surface area contributed by atoms with Gasteiger partial charge in [0.2, 0.25) is 5.90 Å². The second-order valence-electron chi connectivity index (χ2n) is 6.88. The maximum atomic E-state index is 7.46. The van der Waals surface area contributed by atoms with Crippen LogP contribution in [0.2, 0.25) is 0 Å². The van der Waals surface area contributed by atoms with Crippen molar-refractivity contribution >= 4 is 68.4 Å². The highest BCUT2D eigenvalue weighted by atomic mass is 79.9. The summed E-state index contributed by atoms with van der Waals surface area (Å²) in [5.74, 6) is 5.65. The van der Waals surface area contributed by atoms with Crippen LogP contribution < -0.4 is 22.4 Å². The van der Waals surface area contributed by atoms with Crippen LogP contribution in [0, 0.1) is 5.41 Å². The summed E-state index contributed by atoms with van der Waals surface area (Å²) in [6.45, 7) is 10.4. The molecule has 0 saturated carbocycles. The van der Waals surface area contributed by atoms with Crippen molar-refractivity contribution in [2.45, 2.75) is 46.7 Å². The van der Waals surface area contributed by atoms with E-state index in [1.807, 2.05) is 83.1 Å². The second kappa shape index (κ2) is 21.2. The first-order valence-corrected chi connectivity index (χ1v) is 11.5. The topological polar surface area (TPSA) is 122 Å². The molecule has 0 radical (unpaired) electrons. The van der Waals surface area contributed by atoms with Crippen LogP contribution in [0.3, 0.4) is 0 Å². The maximum absolute atomic E-state index is 7.46. The Morgan fingerprint density at radius 2 is 1.30 bits per heavy atom. The predicted octanol–water partition coefficient (Wildman–Crippen LogP) is 5.58. The summed E-state index contributed by atoms with van der Waals surface area (Å²) in [4.78, 5) is 0. The Morgan fingerprint density at radius 3 is 1.64 bits per heavy atom. The number of nitrogens with zero attached hydrogens (tertiary/aromatic N) is 1. The zero-order valence-corrected chi connectivity index (χ0v) is 24.4. The number of hydrogen-bond acceptors (Lipinski definition) is 6. The smallest absolute Gasteiger partial charge is 0.213 e. The summed E-state index contributed by atoms with van der Waals surface area (Å²) in [6.07, 6.45) is 0. The van der Waals surface area contributed by atoms with Crippen molar-refractivity contribution in [2.24, 2.45) is 16.7 Å². The van der Waals surface area contributed by atoms with Gasteiger partial charge in [-0.15, -0.1) is 24.8 Å². The van der Waals surface area contributed by atoms with Crippen molar-refractivity contribution in [2.75, 3.05) is 6.61 Å². The van der Waals surface area contributed by atoms with Gasteiger partial charge in [-0.1, -0.05) is 44.0 Å². The average molecular weight is 631 g/mol. The quantitative estimate of drug-likeness (QED) is 0.123. The molecule has 0 amide bonds. The third-order valence-electron chi connectivity index (χ3n) is 3.31. The fourth-order valence-corrected chi connectivity index (χ4v) is 2.24. The lowest BCUT2D eigenvalue weighted by atomic mass is 10.2. The van der Waals surface area contributed by atoms with Crippen LogP contribution in [0.4, 0.5) is 0 Å². The van der Waals surface area contributed by atoms with Gasteiger partial charge in [0.25, 0.3) is 0 Å². The lowest BCUT2D eigenvalue weighted by Crippen LogP contribution is -2.29. The Hall–Kier alpha value is -1.36. The van der Waals surface area contributed by atoms with Gasteiger partial charge in [0, 0.05) is 32.2 Å². The SMILES string of the molecule is CC(C)NN.CC(C)NN=C(N)c1ccc(Br)cc1.CCOC(=N)c1ccc(Br)cc1.Cl.Cl. The largest absolute Gasteiger partial charge is 0.478 e. The molecule has 0 saturated heterocycles. The Balaban J connectivity index is -0.000000435. The molecule has 33 heavy (non-hydrogen) atoms. The van der Waals surface area contributed by atoms with Crippen molar-refractivity contribution in [3.8, 4) is 0 Å². The molecular formula is C22H36Br2Cl2N6O. The summed E-state index contributed by atoms with van der Waals surface area (Å²) >= 11 is 6.68. The van der Waals surface area contributed by atoms with E-state index in [0.717, 1.165) is 20.1 Å². The minimum absolute atomic E-state index is 0. The van der Waals surface area contributed by atoms with Crippen LogP contribution in [-0.2, 0) is 4.74 Å². The Kier molecular flexibility index (Phi) is 23.3. The average Bonchev–Trinajstić information content (AvgIpc) is 2.74. The van der Waals surface area contributed by atoms with E-state index in [2.05, 4.69) is 47.8 Å². The highest BCUT2D eigenvalue weighted by Crippen LogP contribution is 2.11. The molecular weight excluding hydrogens is 595 g/mol. The second-order valence-corrected chi connectivity index (χ2v) is 8.71. The van der Waals surface area contributed by atoms with Crippen molar-refractivity contribution in [1.82, 2.24) is 10.9 Å². The van der Waals surface area contributed by atoms with Crippen molar-refractivity contribution in [3.63, 3.8) is 0 Å². The highest BCUT2D eigenvalue weighted by Gasteiger charge is 2.00. The first-order chi connectivity index (χ1) is 14.6. The molecule has 0 unspecified atom stereocenters. The van der Waals surface area contributed by atoms with E-state index < -0.39 is 0 Å². The third kappa shape index (κ3) is 18.7. The number of ether oxygens (including phenoxy) is 1. The fraction of sp³-hybridized carbons (Fsp3) is 0.364. The number of benzene rings is 2. The van der Waals surface area contributed by atoms with Crippen molar-refractivity contribution in [1.29, 1.82) is 5.41 Å². The number of hydrazine groups is 1. The predicted molar refractivity (Wildman–Crippen MR) is 153 cm³/mol. The molecule has 7 N–H and O–H groups in total. The molecule has 0 heterocycles. The fourth-order valence-electron chi connectivity index (χ4n) is 1.71. The molecule has 188 valence electrons. The van der Waals surface area contributed by atoms with Crippen LogP contribution in [0.1, 0.15) is 45.7 Å². The van der Waals surface area contributed by atoms with Gasteiger partial charge in [-0.2, -0.15) is 5.10 Å². The summed E-state index contributed by atoms with van der Waals surface area (Å²) < 4.78 is 7.08. The first kappa shape index (κ1) is 36.2. The molecule has 7 nitrogen and oxygen atoms in total. The van der Waals surface area contributed by atoms with Crippen LogP contribution >= 0.6 is 56.7 Å². The van der Waals surface area contributed by atoms with Gasteiger partial charge in [-0.05, 0) is 71.0 Å². The Morgan fingerprint density at radius 1 is 0.909 bits per heavy atom. The number of hydrogen-bond donors (Lipinski definition) is 5. The van der Waals surface area contributed by atoms with Crippen LogP contribution in [0.15, 0.2) is 62.6 Å². The molecule has 0 aliphatic rings. The number of halogens is 4. The number of rotatable bonds is 6. The lowest BCUT2D eigenvalue weighted by Gasteiger charge is -2.05. The molecule has 2 aromatic rings. The zero-order valence-electron chi connectivity index (χ0n) is 19.6. The molecule has 0 aromatic heterocycles.